The number of aromatic nitrogens is 2. The third-order valence-electron chi connectivity index (χ3n) is 3.01. The molecule has 0 amide bonds. The van der Waals surface area contributed by atoms with Gasteiger partial charge in [0.1, 0.15) is 11.5 Å². The Morgan fingerprint density at radius 3 is 2.50 bits per heavy atom. The van der Waals surface area contributed by atoms with Gasteiger partial charge in [0.15, 0.2) is 0 Å². The summed E-state index contributed by atoms with van der Waals surface area (Å²) in [4.78, 5) is 8.59. The number of benzene rings is 1. The number of hydrazine groups is 1. The largest absolute Gasteiger partial charge is 0.497 e. The number of ether oxygens (including phenoxy) is 2. The van der Waals surface area contributed by atoms with Crippen LogP contribution in [0.2, 0.25) is 0 Å². The van der Waals surface area contributed by atoms with Crippen molar-refractivity contribution in [2.75, 3.05) is 14.2 Å². The monoisotopic (exact) mass is 274 g/mol. The first-order valence-electron chi connectivity index (χ1n) is 6.16. The van der Waals surface area contributed by atoms with Crippen molar-refractivity contribution in [2.24, 2.45) is 5.84 Å². The molecule has 1 unspecified atom stereocenters. The first kappa shape index (κ1) is 14.2. The molecular weight excluding hydrogens is 256 g/mol. The Morgan fingerprint density at radius 2 is 1.95 bits per heavy atom. The van der Waals surface area contributed by atoms with E-state index in [1.807, 2.05) is 19.1 Å². The molecule has 0 aliphatic rings. The van der Waals surface area contributed by atoms with E-state index in [1.54, 1.807) is 32.7 Å². The van der Waals surface area contributed by atoms with E-state index in [9.17, 15) is 0 Å². The lowest BCUT2D eigenvalue weighted by Gasteiger charge is -2.19. The highest BCUT2D eigenvalue weighted by Gasteiger charge is 2.19. The summed E-state index contributed by atoms with van der Waals surface area (Å²) in [5, 5.41) is 0. The molecule has 2 aromatic rings. The van der Waals surface area contributed by atoms with Crippen LogP contribution in [0.3, 0.4) is 0 Å². The Balaban J connectivity index is 2.43. The second-order valence-electron chi connectivity index (χ2n) is 4.29. The fraction of sp³-hybridized carbons (Fsp3) is 0.286. The van der Waals surface area contributed by atoms with Gasteiger partial charge in [-0.05, 0) is 19.1 Å². The van der Waals surface area contributed by atoms with E-state index in [1.165, 1.54) is 0 Å². The van der Waals surface area contributed by atoms with Crippen molar-refractivity contribution in [2.45, 2.75) is 13.0 Å². The van der Waals surface area contributed by atoms with E-state index >= 15 is 0 Å². The molecule has 1 atom stereocenters. The molecule has 6 nitrogen and oxygen atoms in total. The number of nitrogens with two attached hydrogens (primary N) is 1. The van der Waals surface area contributed by atoms with E-state index < -0.39 is 0 Å². The van der Waals surface area contributed by atoms with Crippen molar-refractivity contribution in [1.82, 2.24) is 15.4 Å². The molecule has 1 heterocycles. The Kier molecular flexibility index (Phi) is 4.49. The van der Waals surface area contributed by atoms with Gasteiger partial charge >= 0.3 is 0 Å². The number of hydrogen-bond donors (Lipinski definition) is 2. The van der Waals surface area contributed by atoms with E-state index in [2.05, 4.69) is 15.4 Å². The Hall–Kier alpha value is -2.18. The van der Waals surface area contributed by atoms with Crippen LogP contribution in [0.5, 0.6) is 11.5 Å². The highest BCUT2D eigenvalue weighted by Crippen LogP contribution is 2.31. The summed E-state index contributed by atoms with van der Waals surface area (Å²) in [7, 11) is 3.21. The van der Waals surface area contributed by atoms with Crippen LogP contribution in [-0.2, 0) is 0 Å². The summed E-state index contributed by atoms with van der Waals surface area (Å²) in [6.07, 6.45) is 3.40. The van der Waals surface area contributed by atoms with E-state index in [-0.39, 0.29) is 6.04 Å². The number of methoxy groups -OCH3 is 2. The zero-order valence-corrected chi connectivity index (χ0v) is 11.8. The number of nitrogens with one attached hydrogen (secondary N) is 1. The normalized spacial score (nSPS) is 12.0. The summed E-state index contributed by atoms with van der Waals surface area (Å²) in [5.74, 6) is 7.06. The van der Waals surface area contributed by atoms with Crippen LogP contribution in [0.1, 0.15) is 23.0 Å². The zero-order chi connectivity index (χ0) is 14.5. The topological polar surface area (TPSA) is 82.3 Å². The van der Waals surface area contributed by atoms with Gasteiger partial charge in [-0.25, -0.2) is 5.43 Å². The van der Waals surface area contributed by atoms with Crippen molar-refractivity contribution in [1.29, 1.82) is 0 Å². The highest BCUT2D eigenvalue weighted by atomic mass is 16.5. The van der Waals surface area contributed by atoms with Crippen LogP contribution < -0.4 is 20.7 Å². The molecule has 1 aromatic carbocycles. The predicted molar refractivity (Wildman–Crippen MR) is 75.5 cm³/mol. The highest BCUT2D eigenvalue weighted by molar-refractivity contribution is 5.44. The quantitative estimate of drug-likeness (QED) is 0.632. The average Bonchev–Trinajstić information content (AvgIpc) is 2.50. The molecule has 0 saturated carbocycles. The molecule has 0 spiro atoms. The minimum atomic E-state index is -0.302. The smallest absolute Gasteiger partial charge is 0.127 e. The van der Waals surface area contributed by atoms with Crippen LogP contribution in [0.4, 0.5) is 0 Å². The van der Waals surface area contributed by atoms with Gasteiger partial charge in [0.2, 0.25) is 0 Å². The van der Waals surface area contributed by atoms with Gasteiger partial charge in [-0.3, -0.25) is 15.8 Å². The number of aryl methyl sites for hydroxylation is 1. The summed E-state index contributed by atoms with van der Waals surface area (Å²) >= 11 is 0. The van der Waals surface area contributed by atoms with Crippen molar-refractivity contribution in [3.8, 4) is 11.5 Å². The minimum Gasteiger partial charge on any atom is -0.497 e. The molecule has 0 fully saturated rings. The Morgan fingerprint density at radius 1 is 1.15 bits per heavy atom. The number of nitrogens with zero attached hydrogens (tertiary/aromatic N) is 2. The standard InChI is InChI=1S/C14H18N4O2/c1-9-7-17-12(8-16-9)14(18-15)11-5-4-10(19-2)6-13(11)20-3/h4-8,14,18H,15H2,1-3H3. The summed E-state index contributed by atoms with van der Waals surface area (Å²) < 4.78 is 10.6. The molecule has 2 rings (SSSR count). The lowest BCUT2D eigenvalue weighted by Crippen LogP contribution is -2.30. The van der Waals surface area contributed by atoms with Crippen LogP contribution >= 0.6 is 0 Å². The molecular formula is C14H18N4O2. The van der Waals surface area contributed by atoms with Crippen LogP contribution in [-0.4, -0.2) is 24.2 Å². The second-order valence-corrected chi connectivity index (χ2v) is 4.29. The fourth-order valence-electron chi connectivity index (χ4n) is 1.94. The first-order valence-corrected chi connectivity index (χ1v) is 6.16. The SMILES string of the molecule is COc1ccc(C(NN)c2cnc(C)cn2)c(OC)c1. The van der Waals surface area contributed by atoms with Gasteiger partial charge < -0.3 is 9.47 Å². The average molecular weight is 274 g/mol. The predicted octanol–water partition coefficient (Wildman–Crippen LogP) is 1.35. The van der Waals surface area contributed by atoms with Gasteiger partial charge in [0, 0.05) is 17.8 Å². The zero-order valence-electron chi connectivity index (χ0n) is 11.8. The molecule has 0 aliphatic carbocycles. The van der Waals surface area contributed by atoms with E-state index in [4.69, 9.17) is 15.3 Å². The second kappa shape index (κ2) is 6.31. The van der Waals surface area contributed by atoms with Crippen LogP contribution in [0.15, 0.2) is 30.6 Å². The third kappa shape index (κ3) is 2.87. The van der Waals surface area contributed by atoms with Gasteiger partial charge in [0.25, 0.3) is 0 Å². The maximum Gasteiger partial charge on any atom is 0.127 e. The van der Waals surface area contributed by atoms with Crippen molar-refractivity contribution in [3.05, 3.63) is 47.5 Å². The third-order valence-corrected chi connectivity index (χ3v) is 3.01. The molecule has 0 aliphatic heterocycles. The van der Waals surface area contributed by atoms with Gasteiger partial charge in [-0.1, -0.05) is 0 Å². The number of rotatable bonds is 5. The Bertz CT molecular complexity index is 572. The van der Waals surface area contributed by atoms with Crippen molar-refractivity contribution < 1.29 is 9.47 Å². The number of hydrogen-bond acceptors (Lipinski definition) is 6. The first-order chi connectivity index (χ1) is 9.69. The van der Waals surface area contributed by atoms with Crippen LogP contribution in [0, 0.1) is 6.92 Å². The molecule has 0 radical (unpaired) electrons. The molecule has 20 heavy (non-hydrogen) atoms. The summed E-state index contributed by atoms with van der Waals surface area (Å²) in [6, 6.07) is 5.25. The maximum absolute atomic E-state index is 5.66. The molecule has 1 aromatic heterocycles. The van der Waals surface area contributed by atoms with Crippen molar-refractivity contribution in [3.63, 3.8) is 0 Å². The maximum atomic E-state index is 5.66. The minimum absolute atomic E-state index is 0.302. The van der Waals surface area contributed by atoms with Gasteiger partial charge in [0.05, 0.1) is 37.8 Å². The molecule has 0 saturated heterocycles. The lowest BCUT2D eigenvalue weighted by molar-refractivity contribution is 0.387. The van der Waals surface area contributed by atoms with Gasteiger partial charge in [-0.2, -0.15) is 0 Å². The summed E-state index contributed by atoms with van der Waals surface area (Å²) in [5.41, 5.74) is 5.19. The fourth-order valence-corrected chi connectivity index (χ4v) is 1.94. The lowest BCUT2D eigenvalue weighted by atomic mass is 10.0. The van der Waals surface area contributed by atoms with Gasteiger partial charge in [-0.15, -0.1) is 0 Å². The van der Waals surface area contributed by atoms with Crippen molar-refractivity contribution >= 4 is 0 Å². The molecule has 106 valence electrons. The van der Waals surface area contributed by atoms with E-state index in [0.717, 1.165) is 22.7 Å². The Labute approximate surface area is 117 Å². The van der Waals surface area contributed by atoms with Crippen LogP contribution in [0.25, 0.3) is 0 Å². The molecule has 0 bridgehead atoms. The van der Waals surface area contributed by atoms with E-state index in [0.29, 0.717) is 5.75 Å². The molecule has 6 heteroatoms. The molecule has 3 N–H and O–H groups in total. The summed E-state index contributed by atoms with van der Waals surface area (Å²) in [6.45, 7) is 1.88.